The van der Waals surface area contributed by atoms with Crippen LogP contribution in [-0.4, -0.2) is 18.6 Å². The van der Waals surface area contributed by atoms with E-state index >= 15 is 0 Å². The lowest BCUT2D eigenvalue weighted by molar-refractivity contribution is 0.441. The topological polar surface area (TPSA) is 38.0 Å². The highest BCUT2D eigenvalue weighted by atomic mass is 14.9. The number of nitrogens with two attached hydrogens (primary N) is 1. The molecule has 3 N–H and O–H groups in total. The molecule has 0 aromatic heterocycles. The molecule has 0 amide bonds. The van der Waals surface area contributed by atoms with Crippen LogP contribution in [0.1, 0.15) is 52.9 Å². The summed E-state index contributed by atoms with van der Waals surface area (Å²) >= 11 is 0. The number of hydrogen-bond donors (Lipinski definition) is 2. The molecule has 1 aliphatic carbocycles. The summed E-state index contributed by atoms with van der Waals surface area (Å²) in [6.07, 6.45) is 6.66. The van der Waals surface area contributed by atoms with E-state index in [-0.39, 0.29) is 0 Å². The molecule has 2 heteroatoms. The average molecular weight is 186 g/mol. The molecule has 0 heterocycles. The zero-order valence-electron chi connectivity index (χ0n) is 9.47. The molecule has 13 heavy (non-hydrogen) atoms. The standard InChI is InChI=1S/C6H13N.C5H13N/c7-6-4-2-1-3-5-6;1-4-6-5(2)3/h6H,1-5,7H2;5-6H,4H2,1-3H3. The van der Waals surface area contributed by atoms with Gasteiger partial charge in [0.1, 0.15) is 0 Å². The second-order valence-electron chi connectivity index (χ2n) is 4.11. The first-order valence-corrected chi connectivity index (χ1v) is 5.65. The summed E-state index contributed by atoms with van der Waals surface area (Å²) in [5.41, 5.74) is 5.63. The van der Waals surface area contributed by atoms with Crippen molar-refractivity contribution in [3.05, 3.63) is 0 Å². The van der Waals surface area contributed by atoms with Gasteiger partial charge in [0.05, 0.1) is 0 Å². The fourth-order valence-corrected chi connectivity index (χ4v) is 1.54. The van der Waals surface area contributed by atoms with E-state index in [2.05, 4.69) is 26.1 Å². The maximum atomic E-state index is 5.63. The minimum absolute atomic E-state index is 0.536. The van der Waals surface area contributed by atoms with Crippen molar-refractivity contribution in [2.75, 3.05) is 6.54 Å². The Morgan fingerprint density at radius 1 is 1.23 bits per heavy atom. The Bertz CT molecular complexity index is 96.3. The van der Waals surface area contributed by atoms with Crippen LogP contribution in [-0.2, 0) is 0 Å². The minimum atomic E-state index is 0.536. The lowest BCUT2D eigenvalue weighted by atomic mass is 9.97. The van der Waals surface area contributed by atoms with E-state index in [1.165, 1.54) is 32.1 Å². The molecule has 0 unspecified atom stereocenters. The number of nitrogens with one attached hydrogen (secondary N) is 1. The van der Waals surface area contributed by atoms with Gasteiger partial charge in [0, 0.05) is 12.1 Å². The van der Waals surface area contributed by atoms with Crippen LogP contribution in [0, 0.1) is 0 Å². The maximum absolute atomic E-state index is 5.63. The van der Waals surface area contributed by atoms with Gasteiger partial charge in [-0.25, -0.2) is 0 Å². The van der Waals surface area contributed by atoms with E-state index in [1.807, 2.05) is 0 Å². The van der Waals surface area contributed by atoms with Crippen molar-refractivity contribution in [3.63, 3.8) is 0 Å². The highest BCUT2D eigenvalue weighted by Gasteiger charge is 2.06. The van der Waals surface area contributed by atoms with E-state index in [1.54, 1.807) is 0 Å². The molecule has 2 nitrogen and oxygen atoms in total. The predicted octanol–water partition coefficient (Wildman–Crippen LogP) is 2.28. The zero-order chi connectivity index (χ0) is 10.1. The SMILES string of the molecule is CCNC(C)C.NC1CCCCC1. The Balaban J connectivity index is 0.000000226. The van der Waals surface area contributed by atoms with Gasteiger partial charge in [-0.3, -0.25) is 0 Å². The van der Waals surface area contributed by atoms with Gasteiger partial charge in [0.15, 0.2) is 0 Å². The summed E-state index contributed by atoms with van der Waals surface area (Å²) < 4.78 is 0. The van der Waals surface area contributed by atoms with Crippen LogP contribution >= 0.6 is 0 Å². The third-order valence-electron chi connectivity index (χ3n) is 2.26. The van der Waals surface area contributed by atoms with Crippen LogP contribution in [0.15, 0.2) is 0 Å². The van der Waals surface area contributed by atoms with Gasteiger partial charge in [-0.15, -0.1) is 0 Å². The molecule has 1 fully saturated rings. The first-order chi connectivity index (χ1) is 6.16. The number of hydrogen-bond acceptors (Lipinski definition) is 2. The fourth-order valence-electron chi connectivity index (χ4n) is 1.54. The van der Waals surface area contributed by atoms with Crippen molar-refractivity contribution >= 4 is 0 Å². The van der Waals surface area contributed by atoms with E-state index in [0.717, 1.165) is 6.54 Å². The lowest BCUT2D eigenvalue weighted by Crippen LogP contribution is -2.22. The van der Waals surface area contributed by atoms with Crippen LogP contribution in [0.3, 0.4) is 0 Å². The molecular weight excluding hydrogens is 160 g/mol. The van der Waals surface area contributed by atoms with Crippen molar-refractivity contribution in [1.29, 1.82) is 0 Å². The van der Waals surface area contributed by atoms with Crippen LogP contribution in [0.4, 0.5) is 0 Å². The van der Waals surface area contributed by atoms with Gasteiger partial charge < -0.3 is 11.1 Å². The first kappa shape index (κ1) is 12.9. The third-order valence-corrected chi connectivity index (χ3v) is 2.26. The van der Waals surface area contributed by atoms with Crippen molar-refractivity contribution < 1.29 is 0 Å². The largest absolute Gasteiger partial charge is 0.328 e. The molecule has 0 spiro atoms. The second-order valence-corrected chi connectivity index (χ2v) is 4.11. The molecule has 1 aliphatic rings. The molecule has 0 bridgehead atoms. The molecule has 0 aliphatic heterocycles. The van der Waals surface area contributed by atoms with E-state index in [0.29, 0.717) is 12.1 Å². The Morgan fingerprint density at radius 3 is 1.92 bits per heavy atom. The molecule has 0 aromatic rings. The molecule has 0 saturated heterocycles. The van der Waals surface area contributed by atoms with E-state index in [4.69, 9.17) is 5.73 Å². The van der Waals surface area contributed by atoms with Crippen molar-refractivity contribution in [1.82, 2.24) is 5.32 Å². The third kappa shape index (κ3) is 9.84. The van der Waals surface area contributed by atoms with Crippen LogP contribution in [0.2, 0.25) is 0 Å². The van der Waals surface area contributed by atoms with E-state index < -0.39 is 0 Å². The molecule has 1 saturated carbocycles. The van der Waals surface area contributed by atoms with Gasteiger partial charge in [0.2, 0.25) is 0 Å². The van der Waals surface area contributed by atoms with Gasteiger partial charge >= 0.3 is 0 Å². The lowest BCUT2D eigenvalue weighted by Gasteiger charge is -2.15. The average Bonchev–Trinajstić information content (AvgIpc) is 2.06. The maximum Gasteiger partial charge on any atom is 0.00388 e. The van der Waals surface area contributed by atoms with Gasteiger partial charge in [-0.05, 0) is 19.4 Å². The molecule has 80 valence electrons. The van der Waals surface area contributed by atoms with Crippen LogP contribution in [0.25, 0.3) is 0 Å². The first-order valence-electron chi connectivity index (χ1n) is 5.65. The summed E-state index contributed by atoms with van der Waals surface area (Å²) in [7, 11) is 0. The van der Waals surface area contributed by atoms with Crippen molar-refractivity contribution in [2.24, 2.45) is 5.73 Å². The van der Waals surface area contributed by atoms with Crippen LogP contribution < -0.4 is 11.1 Å². The van der Waals surface area contributed by atoms with Gasteiger partial charge in [0.25, 0.3) is 0 Å². The highest BCUT2D eigenvalue weighted by Crippen LogP contribution is 2.14. The smallest absolute Gasteiger partial charge is 0.00388 e. The molecular formula is C11H26N2. The summed E-state index contributed by atoms with van der Waals surface area (Å²) in [6, 6.07) is 1.18. The molecule has 0 atom stereocenters. The van der Waals surface area contributed by atoms with Gasteiger partial charge in [-0.1, -0.05) is 40.0 Å². The Hall–Kier alpha value is -0.0800. The summed E-state index contributed by atoms with van der Waals surface area (Å²) in [4.78, 5) is 0. The zero-order valence-corrected chi connectivity index (χ0v) is 9.47. The van der Waals surface area contributed by atoms with Crippen molar-refractivity contribution in [3.8, 4) is 0 Å². The summed E-state index contributed by atoms with van der Waals surface area (Å²) in [6.45, 7) is 7.48. The fraction of sp³-hybridized carbons (Fsp3) is 1.00. The second kappa shape index (κ2) is 8.52. The molecule has 0 radical (unpaired) electrons. The van der Waals surface area contributed by atoms with Crippen LogP contribution in [0.5, 0.6) is 0 Å². The Morgan fingerprint density at radius 2 is 1.77 bits per heavy atom. The summed E-state index contributed by atoms with van der Waals surface area (Å²) in [5, 5.41) is 3.21. The summed E-state index contributed by atoms with van der Waals surface area (Å²) in [5.74, 6) is 0. The number of rotatable bonds is 2. The Labute approximate surface area is 83.3 Å². The monoisotopic (exact) mass is 186 g/mol. The molecule has 0 aromatic carbocycles. The predicted molar refractivity (Wildman–Crippen MR) is 59.9 cm³/mol. The Kier molecular flexibility index (Phi) is 8.46. The van der Waals surface area contributed by atoms with Gasteiger partial charge in [-0.2, -0.15) is 0 Å². The quantitative estimate of drug-likeness (QED) is 0.694. The minimum Gasteiger partial charge on any atom is -0.328 e. The highest BCUT2D eigenvalue weighted by molar-refractivity contribution is 4.66. The normalized spacial score (nSPS) is 18.2. The molecule has 1 rings (SSSR count). The van der Waals surface area contributed by atoms with E-state index in [9.17, 15) is 0 Å². The van der Waals surface area contributed by atoms with Crippen molar-refractivity contribution in [2.45, 2.75) is 65.0 Å².